The van der Waals surface area contributed by atoms with Crippen LogP contribution in [-0.2, 0) is 39.8 Å². The van der Waals surface area contributed by atoms with Crippen molar-refractivity contribution in [3.8, 4) is 17.0 Å². The third-order valence-electron chi connectivity index (χ3n) is 2.87. The first-order valence-corrected chi connectivity index (χ1v) is 7.33. The summed E-state index contributed by atoms with van der Waals surface area (Å²) in [6, 6.07) is 12.6. The molecule has 3 nitrogen and oxygen atoms in total. The van der Waals surface area contributed by atoms with Crippen LogP contribution in [-0.4, -0.2) is 16.8 Å². The number of nitrogens with zero attached hydrogens (tertiary/aromatic N) is 1. The molecule has 2 rings (SSSR count). The molecule has 0 unspecified atom stereocenters. The van der Waals surface area contributed by atoms with Crippen molar-refractivity contribution in [2.75, 3.05) is 12.2 Å². The molecule has 0 bridgehead atoms. The van der Waals surface area contributed by atoms with E-state index in [4.69, 9.17) is 4.74 Å². The maximum absolute atomic E-state index is 11.9. The number of rotatable bonds is 4. The molecule has 103 valence electrons. The van der Waals surface area contributed by atoms with Gasteiger partial charge < -0.3 is 9.30 Å². The third-order valence-corrected chi connectivity index (χ3v) is 3.23. The minimum atomic E-state index is 0. The van der Waals surface area contributed by atoms with Gasteiger partial charge in [-0.3, -0.25) is 4.79 Å². The Morgan fingerprint density at radius 3 is 2.55 bits per heavy atom. The van der Waals surface area contributed by atoms with E-state index >= 15 is 0 Å². The second kappa shape index (κ2) is 8.01. The van der Waals surface area contributed by atoms with Gasteiger partial charge in [0.1, 0.15) is 11.7 Å². The summed E-state index contributed by atoms with van der Waals surface area (Å²) < 4.78 is 7.12. The van der Waals surface area contributed by atoms with Gasteiger partial charge in [0.05, 0.1) is 0 Å². The van der Waals surface area contributed by atoms with Gasteiger partial charge in [0.15, 0.2) is 5.56 Å². The number of hydrogen-bond donors (Lipinski definition) is 0. The van der Waals surface area contributed by atoms with E-state index in [1.54, 1.807) is 36.4 Å². The molecule has 2 aromatic rings. The number of aryl methyl sites for hydroxylation is 1. The van der Waals surface area contributed by atoms with Crippen molar-refractivity contribution in [3.05, 3.63) is 52.3 Å². The van der Waals surface area contributed by atoms with Crippen LogP contribution in [0, 0.1) is 13.0 Å². The summed E-state index contributed by atoms with van der Waals surface area (Å²) in [5, 5.41) is 0. The number of hydrogen-bond acceptors (Lipinski definition) is 3. The number of ether oxygens (including phenoxy) is 1. The Morgan fingerprint density at radius 1 is 1.30 bits per heavy atom. The minimum Gasteiger partial charge on any atom is -0.483 e. The third kappa shape index (κ3) is 3.97. The Morgan fingerprint density at radius 2 is 1.95 bits per heavy atom. The summed E-state index contributed by atoms with van der Waals surface area (Å²) in [6.07, 6.45) is 1.99. The molecule has 1 radical (unpaired) electrons. The zero-order valence-corrected chi connectivity index (χ0v) is 15.5. The predicted octanol–water partition coefficient (Wildman–Crippen LogP) is 2.86. The molecule has 0 aliphatic carbocycles. The summed E-state index contributed by atoms with van der Waals surface area (Å²) in [5.74, 6) is 1.46. The van der Waals surface area contributed by atoms with Gasteiger partial charge in [-0.25, -0.2) is 0 Å². The van der Waals surface area contributed by atoms with Gasteiger partial charge in [-0.2, -0.15) is 12.1 Å². The number of thioether (sulfide) groups is 1. The van der Waals surface area contributed by atoms with E-state index in [0.29, 0.717) is 11.5 Å². The Labute approximate surface area is 148 Å². The van der Waals surface area contributed by atoms with Gasteiger partial charge in [0, 0.05) is 39.8 Å². The fourth-order valence-electron chi connectivity index (χ4n) is 1.81. The first-order chi connectivity index (χ1) is 9.13. The van der Waals surface area contributed by atoms with Crippen LogP contribution >= 0.6 is 11.8 Å². The van der Waals surface area contributed by atoms with E-state index in [-0.39, 0.29) is 38.3 Å². The molecule has 0 saturated heterocycles. The van der Waals surface area contributed by atoms with Gasteiger partial charge in [0.25, 0.3) is 0 Å². The van der Waals surface area contributed by atoms with Crippen molar-refractivity contribution in [1.82, 2.24) is 4.57 Å². The molecule has 1 aromatic carbocycles. The molecule has 0 aliphatic rings. The van der Waals surface area contributed by atoms with E-state index in [1.807, 2.05) is 30.5 Å². The van der Waals surface area contributed by atoms with Gasteiger partial charge >= 0.3 is 0 Å². The zero-order chi connectivity index (χ0) is 13.8. The Hall–Kier alpha value is -0.576. The molecule has 0 spiro atoms. The van der Waals surface area contributed by atoms with E-state index < -0.39 is 0 Å². The largest absolute Gasteiger partial charge is 0.483 e. The monoisotopic (exact) mass is 363 g/mol. The van der Waals surface area contributed by atoms with Crippen LogP contribution < -0.4 is 10.3 Å². The summed E-state index contributed by atoms with van der Waals surface area (Å²) in [7, 11) is 1.76. The molecule has 1 aromatic heterocycles. The second-order valence-corrected chi connectivity index (χ2v) is 5.07. The van der Waals surface area contributed by atoms with E-state index in [2.05, 4.69) is 6.07 Å². The zero-order valence-electron chi connectivity index (χ0n) is 11.8. The summed E-state index contributed by atoms with van der Waals surface area (Å²) in [6.45, 7) is 1.79. The normalized spacial score (nSPS) is 9.95. The average molecular weight is 363 g/mol. The molecule has 0 aliphatic heterocycles. The summed E-state index contributed by atoms with van der Waals surface area (Å²) in [5.41, 5.74) is 2.45. The summed E-state index contributed by atoms with van der Waals surface area (Å²) in [4.78, 5) is 11.9. The van der Waals surface area contributed by atoms with E-state index in [1.165, 1.54) is 0 Å². The molecular formula is C15H16NO2SY-. The van der Waals surface area contributed by atoms with Gasteiger partial charge in [-0.05, 0) is 18.4 Å². The minimum absolute atomic E-state index is 0. The van der Waals surface area contributed by atoms with Crippen molar-refractivity contribution in [2.24, 2.45) is 7.05 Å². The molecule has 0 N–H and O–H groups in total. The molecule has 1 heterocycles. The Kier molecular flexibility index (Phi) is 7.00. The van der Waals surface area contributed by atoms with Crippen molar-refractivity contribution in [1.29, 1.82) is 0 Å². The molecule has 0 saturated carbocycles. The quantitative estimate of drug-likeness (QED) is 0.618. The second-order valence-electron chi connectivity index (χ2n) is 4.26. The predicted molar refractivity (Wildman–Crippen MR) is 79.7 cm³/mol. The van der Waals surface area contributed by atoms with Crippen molar-refractivity contribution < 1.29 is 37.4 Å². The van der Waals surface area contributed by atoms with E-state index in [9.17, 15) is 4.79 Å². The van der Waals surface area contributed by atoms with Crippen LogP contribution in [0.1, 0.15) is 5.56 Å². The van der Waals surface area contributed by atoms with Crippen molar-refractivity contribution in [3.63, 3.8) is 0 Å². The molecule has 0 atom stereocenters. The van der Waals surface area contributed by atoms with Gasteiger partial charge in [-0.15, -0.1) is 23.9 Å². The van der Waals surface area contributed by atoms with Crippen molar-refractivity contribution in [2.45, 2.75) is 6.92 Å². The molecular weight excluding hydrogens is 347 g/mol. The van der Waals surface area contributed by atoms with Gasteiger partial charge in [0.2, 0.25) is 0 Å². The van der Waals surface area contributed by atoms with E-state index in [0.717, 1.165) is 17.0 Å². The number of pyridine rings is 1. The van der Waals surface area contributed by atoms with Crippen LogP contribution in [0.25, 0.3) is 11.3 Å². The first kappa shape index (κ1) is 17.5. The first-order valence-electron chi connectivity index (χ1n) is 5.94. The standard InChI is InChI=1S/C15H16NO2S.Y/c1-11-4-9-14(16(2)15(11)17)12-5-7-13(8-6-12)18-10-19-3;/h4-8H,10H2,1-3H3;/q-1;. The Bertz CT molecular complexity index is 623. The maximum Gasteiger partial charge on any atom is 0.197 e. The fourth-order valence-corrected chi connectivity index (χ4v) is 2.07. The maximum atomic E-state index is 11.9. The number of aromatic nitrogens is 1. The summed E-state index contributed by atoms with van der Waals surface area (Å²) >= 11 is 1.63. The smallest absolute Gasteiger partial charge is 0.197 e. The topological polar surface area (TPSA) is 31.2 Å². The van der Waals surface area contributed by atoms with Crippen LogP contribution in [0.5, 0.6) is 5.75 Å². The van der Waals surface area contributed by atoms with Gasteiger partial charge in [-0.1, -0.05) is 23.7 Å². The van der Waals surface area contributed by atoms with Crippen LogP contribution in [0.2, 0.25) is 0 Å². The molecule has 5 heteroatoms. The van der Waals surface area contributed by atoms with Crippen LogP contribution in [0.4, 0.5) is 0 Å². The molecule has 0 fully saturated rings. The molecule has 0 amide bonds. The average Bonchev–Trinajstić information content (AvgIpc) is 2.44. The fraction of sp³-hybridized carbons (Fsp3) is 0.267. The SMILES string of the molecule is CSCOc1ccc(-c2[c-]cc(C)c(=O)n2C)cc1.[Y]. The van der Waals surface area contributed by atoms with Crippen LogP contribution in [0.3, 0.4) is 0 Å². The van der Waals surface area contributed by atoms with Crippen molar-refractivity contribution >= 4 is 11.8 Å². The Balaban J connectivity index is 0.00000200. The van der Waals surface area contributed by atoms with Crippen LogP contribution in [0.15, 0.2) is 35.1 Å². The molecule has 20 heavy (non-hydrogen) atoms. The number of benzene rings is 1.